The minimum Gasteiger partial charge on any atom is -0.349 e. The molecule has 0 aliphatic carbocycles. The summed E-state index contributed by atoms with van der Waals surface area (Å²) in [7, 11) is 0. The Morgan fingerprint density at radius 1 is 1.21 bits per heavy atom. The van der Waals surface area contributed by atoms with Crippen molar-refractivity contribution in [3.05, 3.63) is 58.3 Å². The van der Waals surface area contributed by atoms with E-state index < -0.39 is 11.8 Å². The number of nitrogens with one attached hydrogen (secondary N) is 1. The van der Waals surface area contributed by atoms with Gasteiger partial charge in [-0.2, -0.15) is 20.1 Å². The highest BCUT2D eigenvalue weighted by Gasteiger charge is 2.40. The molecule has 0 saturated carbocycles. The van der Waals surface area contributed by atoms with Crippen LogP contribution in [0.1, 0.15) is 31.0 Å². The summed E-state index contributed by atoms with van der Waals surface area (Å²) in [5, 5.41) is 6.37. The smallest absolute Gasteiger partial charge is 0.349 e. The van der Waals surface area contributed by atoms with E-state index in [2.05, 4.69) is 10.2 Å². The number of nitrogens with zero attached hydrogens (tertiary/aromatic N) is 1. The standard InChI is InChI=1S/C18H22F2N2OS/c1-3-22(4-2)16(14-10-11-24-13-14)12-21-17(23)18(19,20)15-8-6-5-7-9-15/h5-11,13,16H,3-4,12H2,1-2H3,(H,21,23)/t16-/m0/s1. The molecule has 0 bridgehead atoms. The van der Waals surface area contributed by atoms with Gasteiger partial charge in [0.15, 0.2) is 0 Å². The number of carbonyl (C=O) groups is 1. The van der Waals surface area contributed by atoms with Crippen LogP contribution >= 0.6 is 11.3 Å². The van der Waals surface area contributed by atoms with Gasteiger partial charge in [-0.25, -0.2) is 0 Å². The third-order valence-corrected chi connectivity index (χ3v) is 4.76. The Balaban J connectivity index is 2.10. The maximum Gasteiger partial charge on any atom is 0.349 e. The molecule has 1 heterocycles. The number of alkyl halides is 2. The Morgan fingerprint density at radius 3 is 2.42 bits per heavy atom. The molecule has 2 aromatic rings. The summed E-state index contributed by atoms with van der Waals surface area (Å²) in [5.41, 5.74) is 0.740. The van der Waals surface area contributed by atoms with Crippen molar-refractivity contribution in [2.75, 3.05) is 19.6 Å². The summed E-state index contributed by atoms with van der Waals surface area (Å²) in [6, 6.07) is 9.03. The average molecular weight is 352 g/mol. The highest BCUT2D eigenvalue weighted by Crippen LogP contribution is 2.28. The van der Waals surface area contributed by atoms with Gasteiger partial charge >= 0.3 is 5.92 Å². The zero-order chi connectivity index (χ0) is 17.6. The Hall–Kier alpha value is -1.79. The molecule has 1 aromatic heterocycles. The summed E-state index contributed by atoms with van der Waals surface area (Å²) >= 11 is 1.56. The number of rotatable bonds is 8. The molecule has 2 rings (SSSR count). The largest absolute Gasteiger partial charge is 0.349 e. The van der Waals surface area contributed by atoms with Crippen molar-refractivity contribution >= 4 is 17.2 Å². The Bertz CT molecular complexity index is 628. The molecule has 0 spiro atoms. The lowest BCUT2D eigenvalue weighted by Gasteiger charge is -2.30. The normalized spacial score (nSPS) is 13.0. The highest BCUT2D eigenvalue weighted by atomic mass is 32.1. The van der Waals surface area contributed by atoms with Crippen molar-refractivity contribution < 1.29 is 13.6 Å². The quantitative estimate of drug-likeness (QED) is 0.778. The molecule has 3 nitrogen and oxygen atoms in total. The zero-order valence-electron chi connectivity index (χ0n) is 13.8. The summed E-state index contributed by atoms with van der Waals surface area (Å²) in [4.78, 5) is 14.2. The predicted molar refractivity (Wildman–Crippen MR) is 93.3 cm³/mol. The number of benzene rings is 1. The van der Waals surface area contributed by atoms with E-state index in [-0.39, 0.29) is 18.2 Å². The number of thiophene rings is 1. The number of hydrogen-bond acceptors (Lipinski definition) is 3. The topological polar surface area (TPSA) is 32.3 Å². The molecule has 6 heteroatoms. The lowest BCUT2D eigenvalue weighted by molar-refractivity contribution is -0.147. The van der Waals surface area contributed by atoms with Gasteiger partial charge in [0.1, 0.15) is 0 Å². The van der Waals surface area contributed by atoms with Gasteiger partial charge in [0.25, 0.3) is 5.91 Å². The van der Waals surface area contributed by atoms with E-state index in [0.717, 1.165) is 18.7 Å². The number of carbonyl (C=O) groups excluding carboxylic acids is 1. The highest BCUT2D eigenvalue weighted by molar-refractivity contribution is 7.07. The minimum atomic E-state index is -3.54. The van der Waals surface area contributed by atoms with Crippen molar-refractivity contribution in [3.8, 4) is 0 Å². The summed E-state index contributed by atoms with van der Waals surface area (Å²) in [6.07, 6.45) is 0. The number of likely N-dealkylation sites (N-methyl/N-ethyl adjacent to an activating group) is 1. The van der Waals surface area contributed by atoms with E-state index >= 15 is 0 Å². The molecule has 24 heavy (non-hydrogen) atoms. The number of halogens is 2. The summed E-state index contributed by atoms with van der Waals surface area (Å²) in [6.45, 7) is 5.75. The Labute approximate surface area is 145 Å². The third kappa shape index (κ3) is 4.19. The van der Waals surface area contributed by atoms with Crippen LogP contribution in [0, 0.1) is 0 Å². The second kappa shape index (κ2) is 8.35. The van der Waals surface area contributed by atoms with Crippen LogP contribution < -0.4 is 5.32 Å². The second-order valence-electron chi connectivity index (χ2n) is 5.44. The molecule has 1 N–H and O–H groups in total. The average Bonchev–Trinajstić information content (AvgIpc) is 3.13. The van der Waals surface area contributed by atoms with Gasteiger partial charge in [-0.05, 0) is 35.5 Å². The van der Waals surface area contributed by atoms with E-state index in [1.807, 2.05) is 30.7 Å². The van der Waals surface area contributed by atoms with Gasteiger partial charge in [-0.1, -0.05) is 44.2 Å². The van der Waals surface area contributed by atoms with Crippen LogP contribution in [0.15, 0.2) is 47.2 Å². The van der Waals surface area contributed by atoms with Crippen molar-refractivity contribution in [1.29, 1.82) is 0 Å². The minimum absolute atomic E-state index is 0.109. The van der Waals surface area contributed by atoms with Crippen LogP contribution in [0.3, 0.4) is 0 Å². The molecule has 1 atom stereocenters. The van der Waals surface area contributed by atoms with Gasteiger partial charge in [0.05, 0.1) is 6.04 Å². The lowest BCUT2D eigenvalue weighted by atomic mass is 10.1. The van der Waals surface area contributed by atoms with Gasteiger partial charge in [0.2, 0.25) is 0 Å². The maximum atomic E-state index is 14.3. The van der Waals surface area contributed by atoms with Crippen LogP contribution in [-0.2, 0) is 10.7 Å². The molecule has 0 fully saturated rings. The molecule has 0 saturated heterocycles. The lowest BCUT2D eigenvalue weighted by Crippen LogP contribution is -2.43. The van der Waals surface area contributed by atoms with Gasteiger partial charge in [-0.3, -0.25) is 9.69 Å². The maximum absolute atomic E-state index is 14.3. The fraction of sp³-hybridized carbons (Fsp3) is 0.389. The first-order valence-corrected chi connectivity index (χ1v) is 8.92. The van der Waals surface area contributed by atoms with Crippen molar-refractivity contribution in [1.82, 2.24) is 10.2 Å². The second-order valence-corrected chi connectivity index (χ2v) is 6.22. The molecule has 0 aliphatic rings. The fourth-order valence-corrected chi connectivity index (χ4v) is 3.37. The molecule has 0 unspecified atom stereocenters. The van der Waals surface area contributed by atoms with Crippen molar-refractivity contribution in [2.45, 2.75) is 25.8 Å². The molecule has 1 amide bonds. The van der Waals surface area contributed by atoms with Crippen LogP contribution in [0.2, 0.25) is 0 Å². The van der Waals surface area contributed by atoms with Crippen molar-refractivity contribution in [3.63, 3.8) is 0 Å². The molecule has 130 valence electrons. The summed E-state index contributed by atoms with van der Waals surface area (Å²) in [5.74, 6) is -4.80. The van der Waals surface area contributed by atoms with Crippen molar-refractivity contribution in [2.24, 2.45) is 0 Å². The molecule has 0 radical (unpaired) electrons. The van der Waals surface area contributed by atoms with Gasteiger partial charge < -0.3 is 5.32 Å². The third-order valence-electron chi connectivity index (χ3n) is 4.06. The number of amides is 1. The van der Waals surface area contributed by atoms with Gasteiger partial charge in [-0.15, -0.1) is 0 Å². The van der Waals surface area contributed by atoms with Crippen LogP contribution in [-0.4, -0.2) is 30.4 Å². The Morgan fingerprint density at radius 2 is 1.88 bits per heavy atom. The Kier molecular flexibility index (Phi) is 6.45. The zero-order valence-corrected chi connectivity index (χ0v) is 14.7. The first-order valence-electron chi connectivity index (χ1n) is 7.98. The van der Waals surface area contributed by atoms with Crippen LogP contribution in [0.25, 0.3) is 0 Å². The van der Waals surface area contributed by atoms with E-state index in [0.29, 0.717) is 0 Å². The fourth-order valence-electron chi connectivity index (χ4n) is 2.67. The van der Waals surface area contributed by atoms with E-state index in [1.54, 1.807) is 17.4 Å². The number of hydrogen-bond donors (Lipinski definition) is 1. The molecular formula is C18H22F2N2OS. The van der Waals surface area contributed by atoms with E-state index in [4.69, 9.17) is 0 Å². The SMILES string of the molecule is CCN(CC)[C@@H](CNC(=O)C(F)(F)c1ccccc1)c1ccsc1. The summed E-state index contributed by atoms with van der Waals surface area (Å²) < 4.78 is 28.6. The first-order chi connectivity index (χ1) is 11.5. The van der Waals surface area contributed by atoms with Crippen LogP contribution in [0.5, 0.6) is 0 Å². The predicted octanol–water partition coefficient (Wildman–Crippen LogP) is 4.04. The molecule has 1 aromatic carbocycles. The molecule has 0 aliphatic heterocycles. The first kappa shape index (κ1) is 18.5. The van der Waals surface area contributed by atoms with E-state index in [9.17, 15) is 13.6 Å². The van der Waals surface area contributed by atoms with E-state index in [1.165, 1.54) is 24.3 Å². The molecular weight excluding hydrogens is 330 g/mol. The monoisotopic (exact) mass is 352 g/mol. The van der Waals surface area contributed by atoms with Gasteiger partial charge in [0, 0.05) is 12.1 Å². The van der Waals surface area contributed by atoms with Crippen LogP contribution in [0.4, 0.5) is 8.78 Å².